The lowest BCUT2D eigenvalue weighted by Crippen LogP contribution is -2.37. The van der Waals surface area contributed by atoms with Crippen LogP contribution in [0.4, 0.5) is 0 Å². The summed E-state index contributed by atoms with van der Waals surface area (Å²) in [6, 6.07) is 0. The molecule has 0 amide bonds. The van der Waals surface area contributed by atoms with Crippen molar-refractivity contribution < 1.29 is 4.79 Å². The SMILES string of the molecule is CC(=O)C(C)(C)CN(C)CCCN(C)C. The van der Waals surface area contributed by atoms with Gasteiger partial charge in [-0.2, -0.15) is 0 Å². The lowest BCUT2D eigenvalue weighted by atomic mass is 9.88. The van der Waals surface area contributed by atoms with Crippen LogP contribution < -0.4 is 0 Å². The van der Waals surface area contributed by atoms with Gasteiger partial charge in [-0.1, -0.05) is 13.8 Å². The Kier molecular flexibility index (Phi) is 6.06. The van der Waals surface area contributed by atoms with Crippen LogP contribution in [0.5, 0.6) is 0 Å². The van der Waals surface area contributed by atoms with Crippen LogP contribution in [0.1, 0.15) is 27.2 Å². The lowest BCUT2D eigenvalue weighted by Gasteiger charge is -2.28. The van der Waals surface area contributed by atoms with Crippen molar-refractivity contribution >= 4 is 5.78 Å². The van der Waals surface area contributed by atoms with E-state index >= 15 is 0 Å². The lowest BCUT2D eigenvalue weighted by molar-refractivity contribution is -0.125. The molecule has 0 atom stereocenters. The topological polar surface area (TPSA) is 23.6 Å². The van der Waals surface area contributed by atoms with Gasteiger partial charge in [-0.3, -0.25) is 4.79 Å². The molecule has 0 unspecified atom stereocenters. The van der Waals surface area contributed by atoms with Gasteiger partial charge >= 0.3 is 0 Å². The summed E-state index contributed by atoms with van der Waals surface area (Å²) in [7, 11) is 6.25. The fourth-order valence-electron chi connectivity index (χ4n) is 1.52. The Morgan fingerprint density at radius 1 is 1.13 bits per heavy atom. The van der Waals surface area contributed by atoms with Crippen molar-refractivity contribution in [2.24, 2.45) is 5.41 Å². The summed E-state index contributed by atoms with van der Waals surface area (Å²) in [5.41, 5.74) is -0.215. The summed E-state index contributed by atoms with van der Waals surface area (Å²) >= 11 is 0. The van der Waals surface area contributed by atoms with Crippen molar-refractivity contribution in [3.63, 3.8) is 0 Å². The largest absolute Gasteiger partial charge is 0.309 e. The highest BCUT2D eigenvalue weighted by Gasteiger charge is 2.24. The van der Waals surface area contributed by atoms with Gasteiger partial charge in [0.1, 0.15) is 5.78 Å². The molecule has 3 heteroatoms. The molecule has 0 aliphatic carbocycles. The van der Waals surface area contributed by atoms with E-state index < -0.39 is 0 Å². The van der Waals surface area contributed by atoms with Crippen molar-refractivity contribution in [1.29, 1.82) is 0 Å². The Labute approximate surface area is 94.4 Å². The van der Waals surface area contributed by atoms with E-state index in [1.165, 1.54) is 0 Å². The molecule has 0 aliphatic rings. The third-order valence-electron chi connectivity index (χ3n) is 2.76. The van der Waals surface area contributed by atoms with E-state index in [4.69, 9.17) is 0 Å². The van der Waals surface area contributed by atoms with Gasteiger partial charge < -0.3 is 9.80 Å². The molecule has 0 saturated heterocycles. The molecular formula is C12H26N2O. The van der Waals surface area contributed by atoms with Crippen molar-refractivity contribution in [1.82, 2.24) is 9.80 Å². The highest BCUT2D eigenvalue weighted by atomic mass is 16.1. The minimum atomic E-state index is -0.215. The van der Waals surface area contributed by atoms with Gasteiger partial charge in [0.2, 0.25) is 0 Å². The Hall–Kier alpha value is -0.410. The zero-order valence-corrected chi connectivity index (χ0v) is 11.1. The van der Waals surface area contributed by atoms with Crippen LogP contribution in [-0.2, 0) is 4.79 Å². The number of hydrogen-bond acceptors (Lipinski definition) is 3. The first-order valence-corrected chi connectivity index (χ1v) is 5.60. The van der Waals surface area contributed by atoms with Crippen LogP contribution in [0.3, 0.4) is 0 Å². The second-order valence-corrected chi connectivity index (χ2v) is 5.33. The van der Waals surface area contributed by atoms with E-state index in [-0.39, 0.29) is 11.2 Å². The number of ketones is 1. The van der Waals surface area contributed by atoms with E-state index in [9.17, 15) is 4.79 Å². The third-order valence-corrected chi connectivity index (χ3v) is 2.76. The van der Waals surface area contributed by atoms with Crippen LogP contribution in [-0.4, -0.2) is 56.4 Å². The normalized spacial score (nSPS) is 12.5. The Bertz CT molecular complexity index is 200. The highest BCUT2D eigenvalue weighted by Crippen LogP contribution is 2.17. The van der Waals surface area contributed by atoms with Gasteiger partial charge in [0, 0.05) is 12.0 Å². The molecule has 0 aliphatic heterocycles. The average molecular weight is 214 g/mol. The van der Waals surface area contributed by atoms with E-state index in [2.05, 4.69) is 30.9 Å². The molecule has 3 nitrogen and oxygen atoms in total. The zero-order chi connectivity index (χ0) is 12.1. The maximum atomic E-state index is 11.3. The molecule has 0 spiro atoms. The fraction of sp³-hybridized carbons (Fsp3) is 0.917. The van der Waals surface area contributed by atoms with Gasteiger partial charge in [0.15, 0.2) is 0 Å². The molecule has 0 aromatic carbocycles. The maximum Gasteiger partial charge on any atom is 0.136 e. The van der Waals surface area contributed by atoms with Gasteiger partial charge in [0.05, 0.1) is 0 Å². The average Bonchev–Trinajstić information content (AvgIpc) is 2.01. The predicted molar refractivity (Wildman–Crippen MR) is 65.1 cm³/mol. The van der Waals surface area contributed by atoms with Crippen molar-refractivity contribution in [3.8, 4) is 0 Å². The monoisotopic (exact) mass is 214 g/mol. The number of Topliss-reactive ketones (excluding diaryl/α,β-unsaturated/α-hetero) is 1. The van der Waals surface area contributed by atoms with Crippen molar-refractivity contribution in [2.75, 3.05) is 40.8 Å². The Balaban J connectivity index is 3.83. The predicted octanol–water partition coefficient (Wildman–Crippen LogP) is 1.49. The van der Waals surface area contributed by atoms with Crippen LogP contribution in [0, 0.1) is 5.41 Å². The molecule has 0 aromatic heterocycles. The molecule has 0 bridgehead atoms. The van der Waals surface area contributed by atoms with E-state index in [1.807, 2.05) is 13.8 Å². The fourth-order valence-corrected chi connectivity index (χ4v) is 1.52. The molecule has 0 radical (unpaired) electrons. The first-order chi connectivity index (χ1) is 6.75. The summed E-state index contributed by atoms with van der Waals surface area (Å²) < 4.78 is 0. The van der Waals surface area contributed by atoms with Crippen LogP contribution in [0.15, 0.2) is 0 Å². The second-order valence-electron chi connectivity index (χ2n) is 5.33. The molecule has 15 heavy (non-hydrogen) atoms. The molecule has 0 fully saturated rings. The Morgan fingerprint density at radius 3 is 2.07 bits per heavy atom. The maximum absolute atomic E-state index is 11.3. The third kappa shape index (κ3) is 6.63. The molecule has 0 aromatic rings. The van der Waals surface area contributed by atoms with E-state index in [0.717, 1.165) is 26.1 Å². The Morgan fingerprint density at radius 2 is 1.67 bits per heavy atom. The molecule has 0 N–H and O–H groups in total. The van der Waals surface area contributed by atoms with Crippen molar-refractivity contribution in [2.45, 2.75) is 27.2 Å². The van der Waals surface area contributed by atoms with Gasteiger partial charge in [-0.15, -0.1) is 0 Å². The summed E-state index contributed by atoms with van der Waals surface area (Å²) in [6.07, 6.45) is 1.15. The minimum Gasteiger partial charge on any atom is -0.309 e. The smallest absolute Gasteiger partial charge is 0.136 e. The molecule has 0 saturated carbocycles. The number of nitrogens with zero attached hydrogens (tertiary/aromatic N) is 2. The number of hydrogen-bond donors (Lipinski definition) is 0. The standard InChI is InChI=1S/C12H26N2O/c1-11(15)12(2,3)10-14(6)9-7-8-13(4)5/h7-10H2,1-6H3. The van der Waals surface area contributed by atoms with E-state index in [0.29, 0.717) is 0 Å². The van der Waals surface area contributed by atoms with Gasteiger partial charge in [-0.05, 0) is 47.6 Å². The van der Waals surface area contributed by atoms with Crippen LogP contribution in [0.25, 0.3) is 0 Å². The first kappa shape index (κ1) is 14.6. The molecular weight excluding hydrogens is 188 g/mol. The first-order valence-electron chi connectivity index (χ1n) is 5.60. The summed E-state index contributed by atoms with van der Waals surface area (Å²) in [5, 5.41) is 0. The zero-order valence-electron chi connectivity index (χ0n) is 11.1. The van der Waals surface area contributed by atoms with Crippen LogP contribution in [0.2, 0.25) is 0 Å². The summed E-state index contributed by atoms with van der Waals surface area (Å²) in [5.74, 6) is 0.266. The number of carbonyl (C=O) groups excluding carboxylic acids is 1. The minimum absolute atomic E-state index is 0.215. The van der Waals surface area contributed by atoms with Crippen LogP contribution >= 0.6 is 0 Å². The summed E-state index contributed by atoms with van der Waals surface area (Å²) in [6.45, 7) is 8.69. The molecule has 0 heterocycles. The van der Waals surface area contributed by atoms with Gasteiger partial charge in [0.25, 0.3) is 0 Å². The highest BCUT2D eigenvalue weighted by molar-refractivity contribution is 5.81. The summed E-state index contributed by atoms with van der Waals surface area (Å²) in [4.78, 5) is 15.8. The molecule has 0 rings (SSSR count). The molecule has 90 valence electrons. The van der Waals surface area contributed by atoms with E-state index in [1.54, 1.807) is 6.92 Å². The number of rotatable bonds is 7. The quantitative estimate of drug-likeness (QED) is 0.641. The number of carbonyl (C=O) groups is 1. The van der Waals surface area contributed by atoms with Gasteiger partial charge in [-0.25, -0.2) is 0 Å². The van der Waals surface area contributed by atoms with Crippen molar-refractivity contribution in [3.05, 3.63) is 0 Å². The second kappa shape index (κ2) is 6.23.